The number of amides is 1. The van der Waals surface area contributed by atoms with Gasteiger partial charge in [0.15, 0.2) is 0 Å². The van der Waals surface area contributed by atoms with Gasteiger partial charge in [-0.3, -0.25) is 9.48 Å². The first-order valence-electron chi connectivity index (χ1n) is 5.47. The van der Waals surface area contributed by atoms with E-state index < -0.39 is 16.0 Å². The highest BCUT2D eigenvalue weighted by molar-refractivity contribution is 7.86. The maximum atomic E-state index is 11.9. The Hall–Kier alpha value is -1.57. The molecule has 0 saturated heterocycles. The van der Waals surface area contributed by atoms with Gasteiger partial charge in [-0.25, -0.2) is 0 Å². The number of aryl methyl sites for hydroxylation is 1. The lowest BCUT2D eigenvalue weighted by Crippen LogP contribution is -2.32. The molecule has 1 aromatic heterocycles. The predicted octanol–water partition coefficient (Wildman–Crippen LogP) is 0.287. The summed E-state index contributed by atoms with van der Waals surface area (Å²) < 4.78 is 28.1. The summed E-state index contributed by atoms with van der Waals surface area (Å²) in [5.74, 6) is -0.614. The van der Waals surface area contributed by atoms with Crippen LogP contribution in [-0.2, 0) is 17.2 Å². The van der Waals surface area contributed by atoms with Crippen LogP contribution >= 0.6 is 0 Å². The molecule has 0 bridgehead atoms. The van der Waals surface area contributed by atoms with Crippen LogP contribution in [-0.4, -0.2) is 36.4 Å². The topological polar surface area (TPSA) is 90.3 Å². The molecule has 1 aromatic rings. The van der Waals surface area contributed by atoms with E-state index >= 15 is 0 Å². The van der Waals surface area contributed by atoms with Crippen molar-refractivity contribution >= 4 is 16.0 Å². The molecule has 0 aromatic carbocycles. The zero-order chi connectivity index (χ0) is 13.9. The van der Waals surface area contributed by atoms with E-state index in [9.17, 15) is 13.2 Å². The molecule has 0 radical (unpaired) electrons. The van der Waals surface area contributed by atoms with Gasteiger partial charge in [0.05, 0.1) is 6.26 Å². The number of hydrogen-bond acceptors (Lipinski definition) is 5. The van der Waals surface area contributed by atoms with Crippen molar-refractivity contribution in [2.24, 2.45) is 7.05 Å². The molecule has 18 heavy (non-hydrogen) atoms. The second kappa shape index (κ2) is 5.38. The number of aromatic nitrogens is 2. The van der Waals surface area contributed by atoms with Crippen LogP contribution in [0.1, 0.15) is 30.6 Å². The third-order valence-corrected chi connectivity index (χ3v) is 2.72. The monoisotopic (exact) mass is 275 g/mol. The number of nitrogens with one attached hydrogen (secondary N) is 1. The zero-order valence-electron chi connectivity index (χ0n) is 10.8. The molecule has 1 atom stereocenters. The minimum Gasteiger partial charge on any atom is -0.359 e. The Bertz CT molecular complexity index is 535. The summed E-state index contributed by atoms with van der Waals surface area (Å²) in [6, 6.07) is -0.0104. The van der Waals surface area contributed by atoms with Crippen molar-refractivity contribution in [3.63, 3.8) is 0 Å². The number of hydrogen-bond donors (Lipinski definition) is 1. The van der Waals surface area contributed by atoms with Crippen molar-refractivity contribution in [3.8, 4) is 5.88 Å². The molecule has 0 aliphatic rings. The summed E-state index contributed by atoms with van der Waals surface area (Å²) in [4.78, 5) is 11.9. The van der Waals surface area contributed by atoms with E-state index in [2.05, 4.69) is 14.6 Å². The van der Waals surface area contributed by atoms with Crippen molar-refractivity contribution in [3.05, 3.63) is 11.8 Å². The molecular weight excluding hydrogens is 258 g/mol. The van der Waals surface area contributed by atoms with Gasteiger partial charge in [-0.1, -0.05) is 6.92 Å². The molecule has 0 aliphatic carbocycles. The Morgan fingerprint density at radius 2 is 2.22 bits per heavy atom. The molecule has 7 nitrogen and oxygen atoms in total. The summed E-state index contributed by atoms with van der Waals surface area (Å²) in [5.41, 5.74) is 0.100. The van der Waals surface area contributed by atoms with Crippen molar-refractivity contribution in [2.75, 3.05) is 6.26 Å². The molecule has 8 heteroatoms. The van der Waals surface area contributed by atoms with Crippen LogP contribution in [0, 0.1) is 0 Å². The summed E-state index contributed by atoms with van der Waals surface area (Å²) in [7, 11) is -2.13. The molecule has 0 fully saturated rings. The molecule has 102 valence electrons. The van der Waals surface area contributed by atoms with E-state index in [1.165, 1.54) is 10.9 Å². The number of nitrogens with zero attached hydrogens (tertiary/aromatic N) is 2. The zero-order valence-corrected chi connectivity index (χ0v) is 11.6. The third-order valence-electron chi connectivity index (χ3n) is 2.26. The lowest BCUT2D eigenvalue weighted by atomic mass is 10.2. The van der Waals surface area contributed by atoms with Crippen LogP contribution in [0.4, 0.5) is 0 Å². The van der Waals surface area contributed by atoms with Crippen molar-refractivity contribution in [1.82, 2.24) is 15.1 Å². The van der Waals surface area contributed by atoms with E-state index in [4.69, 9.17) is 0 Å². The van der Waals surface area contributed by atoms with Gasteiger partial charge in [-0.2, -0.15) is 8.42 Å². The van der Waals surface area contributed by atoms with Crippen LogP contribution in [0.5, 0.6) is 5.88 Å². The van der Waals surface area contributed by atoms with Gasteiger partial charge in [-0.15, -0.1) is 5.10 Å². The lowest BCUT2D eigenvalue weighted by Gasteiger charge is -2.10. The molecule has 1 amide bonds. The highest BCUT2D eigenvalue weighted by Gasteiger charge is 2.21. The van der Waals surface area contributed by atoms with E-state index in [1.807, 2.05) is 13.8 Å². The van der Waals surface area contributed by atoms with Crippen LogP contribution in [0.2, 0.25) is 0 Å². The van der Waals surface area contributed by atoms with Gasteiger partial charge in [0, 0.05) is 19.3 Å². The number of rotatable bonds is 5. The fourth-order valence-corrected chi connectivity index (χ4v) is 1.64. The van der Waals surface area contributed by atoms with Crippen LogP contribution < -0.4 is 9.50 Å². The van der Waals surface area contributed by atoms with E-state index in [1.54, 1.807) is 7.05 Å². The lowest BCUT2D eigenvalue weighted by molar-refractivity contribution is 0.0937. The molecule has 1 rings (SSSR count). The first-order valence-corrected chi connectivity index (χ1v) is 7.28. The fourth-order valence-electron chi connectivity index (χ4n) is 1.23. The number of carbonyl (C=O) groups is 1. The van der Waals surface area contributed by atoms with Gasteiger partial charge in [-0.05, 0) is 13.3 Å². The maximum Gasteiger partial charge on any atom is 0.307 e. The molecule has 0 aliphatic heterocycles. The second-order valence-corrected chi connectivity index (χ2v) is 5.67. The Labute approximate surface area is 106 Å². The maximum absolute atomic E-state index is 11.9. The molecule has 1 heterocycles. The van der Waals surface area contributed by atoms with Crippen LogP contribution in [0.3, 0.4) is 0 Å². The molecule has 1 N–H and O–H groups in total. The molecule has 0 spiro atoms. The average molecular weight is 275 g/mol. The molecule has 0 saturated carbocycles. The van der Waals surface area contributed by atoms with Crippen molar-refractivity contribution in [1.29, 1.82) is 0 Å². The summed E-state index contributed by atoms with van der Waals surface area (Å²) in [5, 5.41) is 6.52. The van der Waals surface area contributed by atoms with Gasteiger partial charge >= 0.3 is 10.1 Å². The summed E-state index contributed by atoms with van der Waals surface area (Å²) >= 11 is 0. The Morgan fingerprint density at radius 1 is 1.61 bits per heavy atom. The van der Waals surface area contributed by atoms with E-state index in [0.29, 0.717) is 0 Å². The normalized spacial score (nSPS) is 13.1. The highest BCUT2D eigenvalue weighted by Crippen LogP contribution is 2.17. The van der Waals surface area contributed by atoms with Crippen molar-refractivity contribution < 1.29 is 17.4 Å². The highest BCUT2D eigenvalue weighted by atomic mass is 32.2. The van der Waals surface area contributed by atoms with Crippen LogP contribution in [0.25, 0.3) is 0 Å². The molecular formula is C10H17N3O4S. The van der Waals surface area contributed by atoms with Gasteiger partial charge in [0.2, 0.25) is 0 Å². The quantitative estimate of drug-likeness (QED) is 0.780. The van der Waals surface area contributed by atoms with E-state index in [-0.39, 0.29) is 17.5 Å². The Kier molecular flexibility index (Phi) is 4.33. The fraction of sp³-hybridized carbons (Fsp3) is 0.600. The summed E-state index contributed by atoms with van der Waals surface area (Å²) in [6.45, 7) is 3.79. The Morgan fingerprint density at radius 3 is 2.72 bits per heavy atom. The minimum absolute atomic E-state index is 0.0104. The standard InChI is InChI=1S/C10H17N3O4S/c1-5-7(2)11-9(14)8-6-13(3)12-10(8)17-18(4,15)16/h6-7H,5H2,1-4H3,(H,11,14). The minimum atomic E-state index is -3.71. The SMILES string of the molecule is CCC(C)NC(=O)c1cn(C)nc1OS(C)(=O)=O. The largest absolute Gasteiger partial charge is 0.359 e. The third kappa shape index (κ3) is 4.02. The first-order chi connectivity index (χ1) is 8.23. The second-order valence-electron chi connectivity index (χ2n) is 4.09. The Balaban J connectivity index is 2.98. The smallest absolute Gasteiger partial charge is 0.307 e. The predicted molar refractivity (Wildman–Crippen MR) is 65.9 cm³/mol. The van der Waals surface area contributed by atoms with Gasteiger partial charge in [0.1, 0.15) is 5.56 Å². The number of carbonyl (C=O) groups excluding carboxylic acids is 1. The van der Waals surface area contributed by atoms with Gasteiger partial charge < -0.3 is 9.50 Å². The first kappa shape index (κ1) is 14.5. The van der Waals surface area contributed by atoms with Crippen LogP contribution in [0.15, 0.2) is 6.20 Å². The van der Waals surface area contributed by atoms with Gasteiger partial charge in [0.25, 0.3) is 11.8 Å². The molecule has 1 unspecified atom stereocenters. The summed E-state index contributed by atoms with van der Waals surface area (Å²) in [6.07, 6.45) is 3.09. The van der Waals surface area contributed by atoms with E-state index in [0.717, 1.165) is 12.7 Å². The average Bonchev–Trinajstić information content (AvgIpc) is 2.56. The van der Waals surface area contributed by atoms with Crippen molar-refractivity contribution in [2.45, 2.75) is 26.3 Å².